The molecule has 0 unspecified atom stereocenters. The highest BCUT2D eigenvalue weighted by atomic mass is 16.4. The van der Waals surface area contributed by atoms with Crippen molar-refractivity contribution >= 4 is 43.8 Å². The van der Waals surface area contributed by atoms with Gasteiger partial charge in [0, 0.05) is 33.0 Å². The molecule has 0 saturated carbocycles. The first-order chi connectivity index (χ1) is 21.8. The summed E-state index contributed by atoms with van der Waals surface area (Å²) in [5.74, 6) is 1.26. The molecular formula is C39H23N3O2. The lowest BCUT2D eigenvalue weighted by Gasteiger charge is -2.10. The number of furan rings is 1. The van der Waals surface area contributed by atoms with Gasteiger partial charge in [0.2, 0.25) is 5.89 Å². The smallest absolute Gasteiger partial charge is 0.227 e. The quantitative estimate of drug-likeness (QED) is 0.212. The molecule has 0 fully saturated rings. The van der Waals surface area contributed by atoms with Crippen LogP contribution in [0.15, 0.2) is 148 Å². The fraction of sp³-hybridized carbons (Fsp3) is 0. The number of nitrogens with zero attached hydrogens (tertiary/aromatic N) is 3. The van der Waals surface area contributed by atoms with Crippen molar-refractivity contribution in [1.82, 2.24) is 15.0 Å². The maximum absolute atomic E-state index is 6.42. The Morgan fingerprint density at radius 2 is 1.07 bits per heavy atom. The highest BCUT2D eigenvalue weighted by molar-refractivity contribution is 6.16. The summed E-state index contributed by atoms with van der Waals surface area (Å²) in [6.07, 6.45) is 0. The summed E-state index contributed by atoms with van der Waals surface area (Å²) in [6, 6.07) is 47.1. The van der Waals surface area contributed by atoms with E-state index in [1.807, 2.05) is 72.8 Å². The molecule has 5 nitrogen and oxygen atoms in total. The van der Waals surface area contributed by atoms with Crippen molar-refractivity contribution in [2.24, 2.45) is 0 Å². The van der Waals surface area contributed by atoms with E-state index in [1.54, 1.807) is 0 Å². The molecule has 3 aromatic heterocycles. The van der Waals surface area contributed by atoms with E-state index >= 15 is 0 Å². The van der Waals surface area contributed by atoms with Crippen molar-refractivity contribution in [3.05, 3.63) is 140 Å². The molecule has 0 aliphatic carbocycles. The molecule has 3 heterocycles. The van der Waals surface area contributed by atoms with Crippen LogP contribution in [0.25, 0.3) is 89.2 Å². The molecular weight excluding hydrogens is 542 g/mol. The third-order valence-electron chi connectivity index (χ3n) is 8.10. The molecule has 0 radical (unpaired) electrons. The summed E-state index contributed by atoms with van der Waals surface area (Å²) in [7, 11) is 0. The summed E-state index contributed by atoms with van der Waals surface area (Å²) < 4.78 is 12.5. The van der Waals surface area contributed by atoms with Crippen LogP contribution >= 0.6 is 0 Å². The molecule has 0 bridgehead atoms. The lowest BCUT2D eigenvalue weighted by molar-refractivity contribution is 0.620. The van der Waals surface area contributed by atoms with E-state index in [1.165, 1.54) is 0 Å². The second-order valence-electron chi connectivity index (χ2n) is 10.9. The number of hydrogen-bond acceptors (Lipinski definition) is 5. The molecule has 0 spiro atoms. The van der Waals surface area contributed by atoms with Crippen molar-refractivity contribution in [2.75, 3.05) is 0 Å². The Balaban J connectivity index is 1.20. The zero-order valence-corrected chi connectivity index (χ0v) is 23.4. The van der Waals surface area contributed by atoms with Gasteiger partial charge in [-0.2, -0.15) is 0 Å². The maximum Gasteiger partial charge on any atom is 0.227 e. The van der Waals surface area contributed by atoms with Gasteiger partial charge in [-0.05, 0) is 59.3 Å². The van der Waals surface area contributed by atoms with E-state index in [-0.39, 0.29) is 0 Å². The Labute approximate surface area is 252 Å². The molecule has 0 aliphatic rings. The highest BCUT2D eigenvalue weighted by Gasteiger charge is 2.17. The van der Waals surface area contributed by atoms with E-state index in [0.29, 0.717) is 17.3 Å². The van der Waals surface area contributed by atoms with Gasteiger partial charge in [0.25, 0.3) is 0 Å². The molecule has 0 aliphatic heterocycles. The van der Waals surface area contributed by atoms with Crippen LogP contribution in [0.3, 0.4) is 0 Å². The minimum Gasteiger partial charge on any atom is -0.454 e. The average Bonchev–Trinajstić information content (AvgIpc) is 3.69. The average molecular weight is 566 g/mol. The number of oxazole rings is 1. The predicted molar refractivity (Wildman–Crippen MR) is 176 cm³/mol. The second-order valence-corrected chi connectivity index (χ2v) is 10.9. The van der Waals surface area contributed by atoms with Gasteiger partial charge in [-0.15, -0.1) is 0 Å². The molecule has 9 aromatic rings. The molecule has 0 amide bonds. The predicted octanol–water partition coefficient (Wildman–Crippen LogP) is 10.3. The maximum atomic E-state index is 6.42. The van der Waals surface area contributed by atoms with E-state index < -0.39 is 0 Å². The van der Waals surface area contributed by atoms with Gasteiger partial charge in [-0.25, -0.2) is 15.0 Å². The zero-order chi connectivity index (χ0) is 29.0. The van der Waals surface area contributed by atoms with Crippen LogP contribution < -0.4 is 0 Å². The van der Waals surface area contributed by atoms with Gasteiger partial charge in [-0.3, -0.25) is 0 Å². The molecule has 0 N–H and O–H groups in total. The van der Waals surface area contributed by atoms with Crippen molar-refractivity contribution < 1.29 is 8.83 Å². The summed E-state index contributed by atoms with van der Waals surface area (Å²) in [5.41, 5.74) is 8.72. The Bertz CT molecular complexity index is 2420. The largest absolute Gasteiger partial charge is 0.454 e. The van der Waals surface area contributed by atoms with Crippen LogP contribution in [0.1, 0.15) is 0 Å². The first kappa shape index (κ1) is 24.5. The van der Waals surface area contributed by atoms with Gasteiger partial charge >= 0.3 is 0 Å². The number of hydrogen-bond donors (Lipinski definition) is 0. The molecule has 206 valence electrons. The molecule has 0 saturated heterocycles. The van der Waals surface area contributed by atoms with Crippen LogP contribution in [-0.2, 0) is 0 Å². The lowest BCUT2D eigenvalue weighted by Crippen LogP contribution is -1.95. The number of aromatic nitrogens is 3. The van der Waals surface area contributed by atoms with E-state index in [9.17, 15) is 0 Å². The van der Waals surface area contributed by atoms with Crippen molar-refractivity contribution in [3.8, 4) is 45.4 Å². The van der Waals surface area contributed by atoms with Crippen LogP contribution in [0.2, 0.25) is 0 Å². The fourth-order valence-corrected chi connectivity index (χ4v) is 5.90. The number of fused-ring (bicyclic) bond motifs is 6. The third-order valence-corrected chi connectivity index (χ3v) is 8.10. The van der Waals surface area contributed by atoms with E-state index in [0.717, 1.165) is 71.9 Å². The Morgan fingerprint density at radius 3 is 1.75 bits per heavy atom. The summed E-state index contributed by atoms with van der Waals surface area (Å²) in [5, 5.41) is 4.18. The van der Waals surface area contributed by atoms with E-state index in [2.05, 4.69) is 66.7 Å². The van der Waals surface area contributed by atoms with Gasteiger partial charge in [0.15, 0.2) is 22.5 Å². The fourth-order valence-electron chi connectivity index (χ4n) is 5.90. The van der Waals surface area contributed by atoms with Crippen LogP contribution in [0.5, 0.6) is 0 Å². The van der Waals surface area contributed by atoms with Gasteiger partial charge in [-0.1, -0.05) is 91.0 Å². The first-order valence-electron chi connectivity index (χ1n) is 14.5. The third kappa shape index (κ3) is 4.06. The van der Waals surface area contributed by atoms with E-state index in [4.69, 9.17) is 23.8 Å². The van der Waals surface area contributed by atoms with Crippen LogP contribution in [-0.4, -0.2) is 15.0 Å². The minimum absolute atomic E-state index is 0.580. The normalized spacial score (nSPS) is 11.6. The summed E-state index contributed by atoms with van der Waals surface area (Å²) in [6.45, 7) is 0. The van der Waals surface area contributed by atoms with Crippen molar-refractivity contribution in [1.29, 1.82) is 0 Å². The van der Waals surface area contributed by atoms with Gasteiger partial charge < -0.3 is 8.83 Å². The molecule has 5 heteroatoms. The Morgan fingerprint density at radius 1 is 0.409 bits per heavy atom. The SMILES string of the molecule is c1ccc(-c2cc(-c3ccccc3)nc(-c3ccc4cc5oc6c(ccc7oc(-c8ccccc8)nc76)c5cc4c3)n2)cc1. The summed E-state index contributed by atoms with van der Waals surface area (Å²) in [4.78, 5) is 14.9. The number of benzene rings is 6. The monoisotopic (exact) mass is 565 g/mol. The topological polar surface area (TPSA) is 65.0 Å². The molecule has 6 aromatic carbocycles. The Hall–Kier alpha value is -6.07. The molecule has 9 rings (SSSR count). The summed E-state index contributed by atoms with van der Waals surface area (Å²) >= 11 is 0. The number of rotatable bonds is 4. The molecule has 0 atom stereocenters. The standard InChI is InChI=1S/C39H23N3O2/c1-4-10-24(11-5-1)32-23-33(25-12-6-2-7-13-25)41-38(40-32)28-17-16-27-22-35-31(21-29(27)20-28)30-18-19-34-36(37(30)43-35)42-39(44-34)26-14-8-3-9-15-26/h1-23H. The van der Waals surface area contributed by atoms with Gasteiger partial charge in [0.05, 0.1) is 11.4 Å². The zero-order valence-electron chi connectivity index (χ0n) is 23.4. The molecule has 44 heavy (non-hydrogen) atoms. The van der Waals surface area contributed by atoms with Crippen LogP contribution in [0, 0.1) is 0 Å². The van der Waals surface area contributed by atoms with Crippen LogP contribution in [0.4, 0.5) is 0 Å². The lowest BCUT2D eigenvalue weighted by atomic mass is 10.0. The first-order valence-corrected chi connectivity index (χ1v) is 14.5. The second kappa shape index (κ2) is 9.75. The van der Waals surface area contributed by atoms with Gasteiger partial charge in [0.1, 0.15) is 5.58 Å². The minimum atomic E-state index is 0.580. The van der Waals surface area contributed by atoms with Crippen molar-refractivity contribution in [3.63, 3.8) is 0 Å². The Kier molecular flexibility index (Phi) is 5.43. The van der Waals surface area contributed by atoms with Crippen molar-refractivity contribution in [2.45, 2.75) is 0 Å². The highest BCUT2D eigenvalue weighted by Crippen LogP contribution is 2.38.